The van der Waals surface area contributed by atoms with Crippen LogP contribution in [0, 0.1) is 6.92 Å². The van der Waals surface area contributed by atoms with Crippen LogP contribution >= 0.6 is 0 Å². The molecule has 0 saturated heterocycles. The summed E-state index contributed by atoms with van der Waals surface area (Å²) in [5.74, 6) is -0.380. The summed E-state index contributed by atoms with van der Waals surface area (Å²) in [7, 11) is 4.52. The Labute approximate surface area is 141 Å². The molecule has 1 N–H and O–H groups in total. The fraction of sp³-hybridized carbons (Fsp3) is 0.316. The van der Waals surface area contributed by atoms with Gasteiger partial charge in [-0.3, -0.25) is 4.79 Å². The molecule has 1 unspecified atom stereocenters. The van der Waals surface area contributed by atoms with Crippen LogP contribution in [0.25, 0.3) is 0 Å². The lowest BCUT2D eigenvalue weighted by Gasteiger charge is -2.20. The molecule has 0 radical (unpaired) electrons. The second-order valence-electron chi connectivity index (χ2n) is 5.44. The van der Waals surface area contributed by atoms with Gasteiger partial charge in [0.1, 0.15) is 0 Å². The third-order valence-electron chi connectivity index (χ3n) is 4.09. The predicted octanol–water partition coefficient (Wildman–Crippen LogP) is 3.43. The van der Waals surface area contributed by atoms with Crippen LogP contribution in [0.4, 0.5) is 0 Å². The van der Waals surface area contributed by atoms with Crippen LogP contribution in [0.15, 0.2) is 36.4 Å². The van der Waals surface area contributed by atoms with Gasteiger partial charge < -0.3 is 19.3 Å². The van der Waals surface area contributed by atoms with E-state index in [0.717, 1.165) is 11.1 Å². The summed E-state index contributed by atoms with van der Waals surface area (Å²) in [6.45, 7) is 1.97. The van der Waals surface area contributed by atoms with Crippen LogP contribution in [0.3, 0.4) is 0 Å². The maximum Gasteiger partial charge on any atom is 0.311 e. The quantitative estimate of drug-likeness (QED) is 0.842. The van der Waals surface area contributed by atoms with Crippen LogP contribution in [0.1, 0.15) is 22.6 Å². The van der Waals surface area contributed by atoms with Gasteiger partial charge in [-0.1, -0.05) is 30.3 Å². The molecular formula is C19H22O5. The molecule has 0 aliphatic heterocycles. The number of hydrogen-bond acceptors (Lipinski definition) is 4. The number of methoxy groups -OCH3 is 3. The fourth-order valence-electron chi connectivity index (χ4n) is 2.79. The zero-order valence-electron chi connectivity index (χ0n) is 14.3. The minimum absolute atomic E-state index is 0.369. The van der Waals surface area contributed by atoms with Crippen molar-refractivity contribution in [2.24, 2.45) is 0 Å². The normalized spacial score (nSPS) is 11.7. The fourth-order valence-corrected chi connectivity index (χ4v) is 2.79. The van der Waals surface area contributed by atoms with E-state index in [1.54, 1.807) is 12.1 Å². The van der Waals surface area contributed by atoms with Gasteiger partial charge in [-0.15, -0.1) is 0 Å². The molecule has 2 aromatic carbocycles. The number of carbonyl (C=O) groups is 1. The molecule has 0 saturated carbocycles. The Bertz CT molecular complexity index is 724. The topological polar surface area (TPSA) is 65.0 Å². The van der Waals surface area contributed by atoms with E-state index in [1.165, 1.54) is 21.3 Å². The summed E-state index contributed by atoms with van der Waals surface area (Å²) in [6, 6.07) is 11.2. The monoisotopic (exact) mass is 330 g/mol. The van der Waals surface area contributed by atoms with Crippen LogP contribution in [0.5, 0.6) is 17.2 Å². The largest absolute Gasteiger partial charge is 0.493 e. The Hall–Kier alpha value is -2.69. The minimum Gasteiger partial charge on any atom is -0.493 e. The highest BCUT2D eigenvalue weighted by molar-refractivity contribution is 5.79. The first-order chi connectivity index (χ1) is 11.5. The van der Waals surface area contributed by atoms with Crippen molar-refractivity contribution in [1.29, 1.82) is 0 Å². The molecule has 24 heavy (non-hydrogen) atoms. The predicted molar refractivity (Wildman–Crippen MR) is 91.4 cm³/mol. The smallest absolute Gasteiger partial charge is 0.311 e. The molecule has 128 valence electrons. The van der Waals surface area contributed by atoms with Crippen molar-refractivity contribution < 1.29 is 24.1 Å². The SMILES string of the molecule is COc1ccc(C(Cc2ccccc2C)C(=O)O)c(OC)c1OC. The van der Waals surface area contributed by atoms with Crippen molar-refractivity contribution in [3.63, 3.8) is 0 Å². The lowest BCUT2D eigenvalue weighted by molar-refractivity contribution is -0.138. The second-order valence-corrected chi connectivity index (χ2v) is 5.44. The third-order valence-corrected chi connectivity index (χ3v) is 4.09. The molecule has 2 rings (SSSR count). The van der Waals surface area contributed by atoms with Crippen LogP contribution in [-0.2, 0) is 11.2 Å². The van der Waals surface area contributed by atoms with E-state index >= 15 is 0 Å². The number of ether oxygens (including phenoxy) is 3. The van der Waals surface area contributed by atoms with Gasteiger partial charge in [-0.05, 0) is 30.5 Å². The maximum atomic E-state index is 11.9. The molecule has 0 aliphatic rings. The summed E-state index contributed by atoms with van der Waals surface area (Å²) >= 11 is 0. The summed E-state index contributed by atoms with van der Waals surface area (Å²) in [6.07, 6.45) is 0.369. The number of rotatable bonds is 7. The Morgan fingerprint density at radius 1 is 1.00 bits per heavy atom. The van der Waals surface area contributed by atoms with Gasteiger partial charge in [0.25, 0.3) is 0 Å². The highest BCUT2D eigenvalue weighted by Crippen LogP contribution is 2.43. The number of aryl methyl sites for hydroxylation is 1. The van der Waals surface area contributed by atoms with Gasteiger partial charge in [0, 0.05) is 5.56 Å². The Balaban J connectivity index is 2.52. The minimum atomic E-state index is -0.913. The molecule has 0 spiro atoms. The molecule has 1 atom stereocenters. The maximum absolute atomic E-state index is 11.9. The summed E-state index contributed by atoms with van der Waals surface area (Å²) in [4.78, 5) is 11.9. The van der Waals surface area contributed by atoms with Crippen LogP contribution < -0.4 is 14.2 Å². The van der Waals surface area contributed by atoms with E-state index in [2.05, 4.69) is 0 Å². The molecule has 0 heterocycles. The van der Waals surface area contributed by atoms with E-state index in [4.69, 9.17) is 14.2 Å². The zero-order chi connectivity index (χ0) is 17.7. The van der Waals surface area contributed by atoms with Crippen LogP contribution in [-0.4, -0.2) is 32.4 Å². The summed E-state index contributed by atoms with van der Waals surface area (Å²) < 4.78 is 16.1. The summed E-state index contributed by atoms with van der Waals surface area (Å²) in [5, 5.41) is 9.76. The first kappa shape index (κ1) is 17.7. The number of aliphatic carboxylic acids is 1. The average Bonchev–Trinajstić information content (AvgIpc) is 2.59. The molecule has 2 aromatic rings. The van der Waals surface area contributed by atoms with Gasteiger partial charge in [0.05, 0.1) is 27.2 Å². The first-order valence-corrected chi connectivity index (χ1v) is 7.59. The standard InChI is InChI=1S/C19H22O5/c1-12-7-5-6-8-13(12)11-15(19(20)21)14-9-10-16(22-2)18(24-4)17(14)23-3/h5-10,15H,11H2,1-4H3,(H,20,21). The molecule has 5 heteroatoms. The molecule has 0 fully saturated rings. The lowest BCUT2D eigenvalue weighted by atomic mass is 9.89. The Kier molecular flexibility index (Phi) is 5.68. The molecule has 0 bridgehead atoms. The van der Waals surface area contributed by atoms with Gasteiger partial charge in [0.15, 0.2) is 11.5 Å². The van der Waals surface area contributed by atoms with E-state index in [0.29, 0.717) is 29.2 Å². The molecule has 0 aliphatic carbocycles. The van der Waals surface area contributed by atoms with E-state index in [9.17, 15) is 9.90 Å². The van der Waals surface area contributed by atoms with Gasteiger partial charge >= 0.3 is 5.97 Å². The van der Waals surface area contributed by atoms with Crippen molar-refractivity contribution in [2.45, 2.75) is 19.3 Å². The number of carboxylic acid groups (broad SMARTS) is 1. The van der Waals surface area contributed by atoms with E-state index < -0.39 is 11.9 Å². The number of carboxylic acids is 1. The van der Waals surface area contributed by atoms with Gasteiger partial charge in [-0.2, -0.15) is 0 Å². The number of benzene rings is 2. The Morgan fingerprint density at radius 2 is 1.67 bits per heavy atom. The van der Waals surface area contributed by atoms with Crippen molar-refractivity contribution in [2.75, 3.05) is 21.3 Å². The third kappa shape index (κ3) is 3.45. The highest BCUT2D eigenvalue weighted by atomic mass is 16.5. The van der Waals surface area contributed by atoms with Gasteiger partial charge in [-0.25, -0.2) is 0 Å². The van der Waals surface area contributed by atoms with Crippen LogP contribution in [0.2, 0.25) is 0 Å². The van der Waals surface area contributed by atoms with Crippen molar-refractivity contribution in [3.8, 4) is 17.2 Å². The van der Waals surface area contributed by atoms with Crippen molar-refractivity contribution in [1.82, 2.24) is 0 Å². The lowest BCUT2D eigenvalue weighted by Crippen LogP contribution is -2.16. The Morgan fingerprint density at radius 3 is 2.21 bits per heavy atom. The molecule has 5 nitrogen and oxygen atoms in total. The number of hydrogen-bond donors (Lipinski definition) is 1. The van der Waals surface area contributed by atoms with E-state index in [1.807, 2.05) is 31.2 Å². The first-order valence-electron chi connectivity index (χ1n) is 7.59. The average molecular weight is 330 g/mol. The molecular weight excluding hydrogens is 308 g/mol. The molecule has 0 amide bonds. The van der Waals surface area contributed by atoms with E-state index in [-0.39, 0.29) is 0 Å². The van der Waals surface area contributed by atoms with Crippen molar-refractivity contribution >= 4 is 5.97 Å². The van der Waals surface area contributed by atoms with Crippen molar-refractivity contribution in [3.05, 3.63) is 53.1 Å². The highest BCUT2D eigenvalue weighted by Gasteiger charge is 2.28. The summed E-state index contributed by atoms with van der Waals surface area (Å²) in [5.41, 5.74) is 2.61. The second kappa shape index (κ2) is 7.73. The zero-order valence-corrected chi connectivity index (χ0v) is 14.3. The van der Waals surface area contributed by atoms with Gasteiger partial charge in [0.2, 0.25) is 5.75 Å². The molecule has 0 aromatic heterocycles.